The van der Waals surface area contributed by atoms with Crippen LogP contribution in [0.4, 0.5) is 0 Å². The zero-order chi connectivity index (χ0) is 12.8. The molecule has 1 unspecified atom stereocenters. The van der Waals surface area contributed by atoms with Gasteiger partial charge in [-0.1, -0.05) is 74.3 Å². The standard InChI is InChI=1S/C16H16Br2/c17-12-15(10-13-4-2-1-3-5-13)11-14-6-8-16(18)9-7-14/h1-9,15H,10-12H2. The lowest BCUT2D eigenvalue weighted by molar-refractivity contribution is 0.591. The van der Waals surface area contributed by atoms with Crippen molar-refractivity contribution in [1.29, 1.82) is 0 Å². The molecule has 0 radical (unpaired) electrons. The van der Waals surface area contributed by atoms with Gasteiger partial charge in [-0.05, 0) is 42.0 Å². The largest absolute Gasteiger partial charge is 0.0925 e. The van der Waals surface area contributed by atoms with Gasteiger partial charge in [-0.3, -0.25) is 0 Å². The molecule has 0 nitrogen and oxygen atoms in total. The van der Waals surface area contributed by atoms with Crippen LogP contribution < -0.4 is 0 Å². The van der Waals surface area contributed by atoms with Crippen molar-refractivity contribution in [2.24, 2.45) is 5.92 Å². The van der Waals surface area contributed by atoms with Gasteiger partial charge in [-0.25, -0.2) is 0 Å². The molecule has 0 saturated heterocycles. The summed E-state index contributed by atoms with van der Waals surface area (Å²) in [6, 6.07) is 19.3. The van der Waals surface area contributed by atoms with E-state index in [2.05, 4.69) is 86.5 Å². The van der Waals surface area contributed by atoms with Crippen LogP contribution in [0.15, 0.2) is 59.1 Å². The van der Waals surface area contributed by atoms with E-state index in [4.69, 9.17) is 0 Å². The van der Waals surface area contributed by atoms with Crippen LogP contribution in [-0.2, 0) is 12.8 Å². The van der Waals surface area contributed by atoms with E-state index < -0.39 is 0 Å². The van der Waals surface area contributed by atoms with E-state index in [9.17, 15) is 0 Å². The van der Waals surface area contributed by atoms with Crippen molar-refractivity contribution in [3.63, 3.8) is 0 Å². The molecule has 0 aliphatic carbocycles. The first-order valence-electron chi connectivity index (χ1n) is 6.12. The molecule has 94 valence electrons. The fourth-order valence-electron chi connectivity index (χ4n) is 2.08. The average Bonchev–Trinajstić information content (AvgIpc) is 2.41. The Labute approximate surface area is 126 Å². The monoisotopic (exact) mass is 366 g/mol. The molecule has 2 aromatic carbocycles. The number of halogens is 2. The zero-order valence-electron chi connectivity index (χ0n) is 10.2. The normalized spacial score (nSPS) is 12.3. The summed E-state index contributed by atoms with van der Waals surface area (Å²) in [5.74, 6) is 0.647. The molecule has 0 aliphatic rings. The summed E-state index contributed by atoms with van der Waals surface area (Å²) in [4.78, 5) is 0. The van der Waals surface area contributed by atoms with Crippen LogP contribution >= 0.6 is 31.9 Å². The Hall–Kier alpha value is -0.600. The van der Waals surface area contributed by atoms with E-state index in [0.717, 1.165) is 22.6 Å². The van der Waals surface area contributed by atoms with Gasteiger partial charge in [0.2, 0.25) is 0 Å². The first-order chi connectivity index (χ1) is 8.78. The van der Waals surface area contributed by atoms with Gasteiger partial charge < -0.3 is 0 Å². The van der Waals surface area contributed by atoms with Crippen LogP contribution in [0, 0.1) is 5.92 Å². The van der Waals surface area contributed by atoms with E-state index in [-0.39, 0.29) is 0 Å². The van der Waals surface area contributed by atoms with Gasteiger partial charge in [-0.15, -0.1) is 0 Å². The fourth-order valence-corrected chi connectivity index (χ4v) is 2.80. The van der Waals surface area contributed by atoms with Crippen molar-refractivity contribution >= 4 is 31.9 Å². The topological polar surface area (TPSA) is 0 Å². The Morgan fingerprint density at radius 2 is 1.33 bits per heavy atom. The third-order valence-electron chi connectivity index (χ3n) is 3.02. The maximum absolute atomic E-state index is 3.64. The van der Waals surface area contributed by atoms with Gasteiger partial charge in [0.15, 0.2) is 0 Å². The van der Waals surface area contributed by atoms with Gasteiger partial charge in [0.05, 0.1) is 0 Å². The van der Waals surface area contributed by atoms with E-state index in [1.807, 2.05) is 0 Å². The highest BCUT2D eigenvalue weighted by Gasteiger charge is 2.09. The maximum Gasteiger partial charge on any atom is 0.0175 e. The number of rotatable bonds is 5. The van der Waals surface area contributed by atoms with E-state index in [0.29, 0.717) is 5.92 Å². The quantitative estimate of drug-likeness (QED) is 0.633. The number of hydrogen-bond acceptors (Lipinski definition) is 0. The lowest BCUT2D eigenvalue weighted by Gasteiger charge is -2.14. The van der Waals surface area contributed by atoms with Crippen molar-refractivity contribution in [3.05, 3.63) is 70.2 Å². The SMILES string of the molecule is BrCC(Cc1ccccc1)Cc1ccc(Br)cc1. The number of alkyl halides is 1. The molecule has 2 aromatic rings. The Morgan fingerprint density at radius 3 is 1.89 bits per heavy atom. The van der Waals surface area contributed by atoms with Crippen LogP contribution in [0.1, 0.15) is 11.1 Å². The van der Waals surface area contributed by atoms with E-state index in [1.165, 1.54) is 11.1 Å². The summed E-state index contributed by atoms with van der Waals surface area (Å²) >= 11 is 7.11. The van der Waals surface area contributed by atoms with Crippen LogP contribution in [0.25, 0.3) is 0 Å². The van der Waals surface area contributed by atoms with Gasteiger partial charge in [-0.2, -0.15) is 0 Å². The van der Waals surface area contributed by atoms with Crippen LogP contribution in [0.5, 0.6) is 0 Å². The smallest absolute Gasteiger partial charge is 0.0175 e. The Bertz CT molecular complexity index is 462. The van der Waals surface area contributed by atoms with Crippen molar-refractivity contribution in [3.8, 4) is 0 Å². The van der Waals surface area contributed by atoms with Crippen molar-refractivity contribution in [2.45, 2.75) is 12.8 Å². The highest BCUT2D eigenvalue weighted by molar-refractivity contribution is 9.10. The molecule has 0 aliphatic heterocycles. The molecule has 1 atom stereocenters. The molecule has 0 heterocycles. The molecular weight excluding hydrogens is 352 g/mol. The first-order valence-corrected chi connectivity index (χ1v) is 8.03. The Balaban J connectivity index is 1.99. The molecule has 2 rings (SSSR count). The van der Waals surface area contributed by atoms with Gasteiger partial charge in [0, 0.05) is 9.80 Å². The molecule has 0 spiro atoms. The Morgan fingerprint density at radius 1 is 0.778 bits per heavy atom. The summed E-state index contributed by atoms with van der Waals surface area (Å²) in [6.45, 7) is 0. The molecular formula is C16H16Br2. The molecule has 0 fully saturated rings. The molecule has 18 heavy (non-hydrogen) atoms. The van der Waals surface area contributed by atoms with Crippen molar-refractivity contribution < 1.29 is 0 Å². The molecule has 0 bridgehead atoms. The lowest BCUT2D eigenvalue weighted by atomic mass is 9.94. The summed E-state index contributed by atoms with van der Waals surface area (Å²) in [5, 5.41) is 1.04. The molecule has 0 amide bonds. The lowest BCUT2D eigenvalue weighted by Crippen LogP contribution is -2.09. The minimum atomic E-state index is 0.647. The van der Waals surface area contributed by atoms with Crippen LogP contribution in [0.2, 0.25) is 0 Å². The third-order valence-corrected chi connectivity index (χ3v) is 4.47. The third kappa shape index (κ3) is 4.25. The zero-order valence-corrected chi connectivity index (χ0v) is 13.3. The summed E-state index contributed by atoms with van der Waals surface area (Å²) in [7, 11) is 0. The fraction of sp³-hybridized carbons (Fsp3) is 0.250. The van der Waals surface area contributed by atoms with E-state index in [1.54, 1.807) is 0 Å². The minimum Gasteiger partial charge on any atom is -0.0925 e. The second-order valence-electron chi connectivity index (χ2n) is 4.54. The van der Waals surface area contributed by atoms with Gasteiger partial charge in [0.1, 0.15) is 0 Å². The van der Waals surface area contributed by atoms with Crippen LogP contribution in [0.3, 0.4) is 0 Å². The molecule has 2 heteroatoms. The minimum absolute atomic E-state index is 0.647. The highest BCUT2D eigenvalue weighted by atomic mass is 79.9. The average molecular weight is 368 g/mol. The van der Waals surface area contributed by atoms with E-state index >= 15 is 0 Å². The van der Waals surface area contributed by atoms with Gasteiger partial charge >= 0.3 is 0 Å². The Kier molecular flexibility index (Phi) is 5.45. The van der Waals surface area contributed by atoms with Crippen molar-refractivity contribution in [1.82, 2.24) is 0 Å². The molecule has 0 N–H and O–H groups in total. The summed E-state index contributed by atoms with van der Waals surface area (Å²) < 4.78 is 1.14. The highest BCUT2D eigenvalue weighted by Crippen LogP contribution is 2.18. The molecule has 0 saturated carbocycles. The second-order valence-corrected chi connectivity index (χ2v) is 6.10. The predicted molar refractivity (Wildman–Crippen MR) is 85.3 cm³/mol. The summed E-state index contributed by atoms with van der Waals surface area (Å²) in [6.07, 6.45) is 2.25. The number of hydrogen-bond donors (Lipinski definition) is 0. The maximum atomic E-state index is 3.64. The predicted octanol–water partition coefficient (Wildman–Crippen LogP) is 5.25. The second kappa shape index (κ2) is 7.10. The molecule has 0 aromatic heterocycles. The number of benzene rings is 2. The summed E-state index contributed by atoms with van der Waals surface area (Å²) in [5.41, 5.74) is 2.82. The first kappa shape index (κ1) is 13.8. The van der Waals surface area contributed by atoms with Gasteiger partial charge in [0.25, 0.3) is 0 Å². The van der Waals surface area contributed by atoms with Crippen LogP contribution in [-0.4, -0.2) is 5.33 Å². The van der Waals surface area contributed by atoms with Crippen molar-refractivity contribution in [2.75, 3.05) is 5.33 Å².